The molecule has 1 aliphatic heterocycles. The zero-order chi connectivity index (χ0) is 9.97. The van der Waals surface area contributed by atoms with Crippen molar-refractivity contribution in [3.05, 3.63) is 0 Å². The predicted molar refractivity (Wildman–Crippen MR) is 55.7 cm³/mol. The second kappa shape index (κ2) is 4.30. The Hall–Kier alpha value is -0.570. The molecular weight excluding hydrogens is 176 g/mol. The monoisotopic (exact) mass is 196 g/mol. The molecular formula is C11H20N2O. The van der Waals surface area contributed by atoms with Crippen molar-refractivity contribution in [3.8, 4) is 0 Å². The van der Waals surface area contributed by atoms with Crippen molar-refractivity contribution >= 4 is 5.91 Å². The van der Waals surface area contributed by atoms with Gasteiger partial charge in [0.15, 0.2) is 0 Å². The normalized spacial score (nSPS) is 31.5. The lowest BCUT2D eigenvalue weighted by atomic mass is 9.79. The van der Waals surface area contributed by atoms with E-state index in [1.807, 2.05) is 0 Å². The van der Waals surface area contributed by atoms with Gasteiger partial charge in [0, 0.05) is 24.9 Å². The summed E-state index contributed by atoms with van der Waals surface area (Å²) in [5.74, 6) is 1.24. The summed E-state index contributed by atoms with van der Waals surface area (Å²) < 4.78 is 0. The summed E-state index contributed by atoms with van der Waals surface area (Å²) in [6.07, 6.45) is 7.21. The second-order valence-corrected chi connectivity index (χ2v) is 4.74. The van der Waals surface area contributed by atoms with Crippen LogP contribution in [0.1, 0.15) is 38.5 Å². The van der Waals surface area contributed by atoms with E-state index in [0.717, 1.165) is 6.54 Å². The van der Waals surface area contributed by atoms with Gasteiger partial charge >= 0.3 is 0 Å². The highest BCUT2D eigenvalue weighted by Crippen LogP contribution is 2.30. The third kappa shape index (κ3) is 2.08. The smallest absolute Gasteiger partial charge is 0.220 e. The number of hydrogen-bond donors (Lipinski definition) is 2. The van der Waals surface area contributed by atoms with Crippen LogP contribution in [0, 0.1) is 11.8 Å². The number of carbonyl (C=O) groups is 1. The van der Waals surface area contributed by atoms with E-state index >= 15 is 0 Å². The molecule has 3 nitrogen and oxygen atoms in total. The quantitative estimate of drug-likeness (QED) is 0.693. The molecule has 0 bridgehead atoms. The highest BCUT2D eigenvalue weighted by atomic mass is 16.1. The zero-order valence-corrected chi connectivity index (χ0v) is 8.67. The first kappa shape index (κ1) is 9.97. The minimum atomic E-state index is 0.182. The molecule has 14 heavy (non-hydrogen) atoms. The lowest BCUT2D eigenvalue weighted by Crippen LogP contribution is -2.39. The predicted octanol–water partition coefficient (Wildman–Crippen LogP) is 1.03. The molecule has 0 aromatic rings. The highest BCUT2D eigenvalue weighted by molar-refractivity contribution is 5.78. The molecule has 3 N–H and O–H groups in total. The topological polar surface area (TPSA) is 55.1 Å². The van der Waals surface area contributed by atoms with Gasteiger partial charge in [0.1, 0.15) is 0 Å². The van der Waals surface area contributed by atoms with Crippen LogP contribution in [0.15, 0.2) is 0 Å². The van der Waals surface area contributed by atoms with Crippen LogP contribution in [-0.4, -0.2) is 18.5 Å². The summed E-state index contributed by atoms with van der Waals surface area (Å²) in [4.78, 5) is 11.1. The van der Waals surface area contributed by atoms with Gasteiger partial charge in [-0.3, -0.25) is 4.79 Å². The van der Waals surface area contributed by atoms with Gasteiger partial charge in [0.25, 0.3) is 0 Å². The van der Waals surface area contributed by atoms with Gasteiger partial charge in [0.2, 0.25) is 5.91 Å². The van der Waals surface area contributed by atoms with E-state index in [1.54, 1.807) is 0 Å². The van der Waals surface area contributed by atoms with E-state index in [4.69, 9.17) is 5.73 Å². The van der Waals surface area contributed by atoms with Crippen LogP contribution in [0.2, 0.25) is 0 Å². The summed E-state index contributed by atoms with van der Waals surface area (Å²) >= 11 is 0. The Morgan fingerprint density at radius 1 is 1.21 bits per heavy atom. The van der Waals surface area contributed by atoms with Crippen LogP contribution >= 0.6 is 0 Å². The first-order chi connectivity index (χ1) is 6.77. The molecule has 1 aliphatic carbocycles. The average Bonchev–Trinajstić information content (AvgIpc) is 2.65. The van der Waals surface area contributed by atoms with Crippen LogP contribution in [0.4, 0.5) is 0 Å². The Bertz CT molecular complexity index is 211. The molecule has 1 saturated carbocycles. The molecule has 3 heteroatoms. The first-order valence-electron chi connectivity index (χ1n) is 5.79. The minimum Gasteiger partial charge on any atom is -0.356 e. The van der Waals surface area contributed by atoms with Crippen molar-refractivity contribution < 1.29 is 4.79 Å². The SMILES string of the molecule is NC(C1CCCCC1)C1CNC(=O)C1. The number of nitrogens with two attached hydrogens (primary N) is 1. The Balaban J connectivity index is 1.86. The standard InChI is InChI=1S/C11H20N2O/c12-11(8-4-2-1-3-5-8)9-6-10(14)13-7-9/h8-9,11H,1-7,12H2,(H,13,14). The summed E-state index contributed by atoms with van der Waals surface area (Å²) in [5.41, 5.74) is 6.22. The van der Waals surface area contributed by atoms with Crippen LogP contribution in [-0.2, 0) is 4.79 Å². The van der Waals surface area contributed by atoms with E-state index in [2.05, 4.69) is 5.32 Å². The van der Waals surface area contributed by atoms with E-state index in [1.165, 1.54) is 32.1 Å². The number of nitrogens with one attached hydrogen (secondary N) is 1. The fourth-order valence-electron chi connectivity index (χ4n) is 2.80. The van der Waals surface area contributed by atoms with Crippen molar-refractivity contribution in [2.45, 2.75) is 44.6 Å². The van der Waals surface area contributed by atoms with Gasteiger partial charge < -0.3 is 11.1 Å². The fraction of sp³-hybridized carbons (Fsp3) is 0.909. The average molecular weight is 196 g/mol. The van der Waals surface area contributed by atoms with Crippen molar-refractivity contribution in [1.82, 2.24) is 5.32 Å². The van der Waals surface area contributed by atoms with Crippen LogP contribution in [0.3, 0.4) is 0 Å². The number of hydrogen-bond acceptors (Lipinski definition) is 2. The molecule has 80 valence electrons. The fourth-order valence-corrected chi connectivity index (χ4v) is 2.80. The number of amides is 1. The largest absolute Gasteiger partial charge is 0.356 e. The van der Waals surface area contributed by atoms with Gasteiger partial charge in [-0.25, -0.2) is 0 Å². The molecule has 0 radical (unpaired) electrons. The summed E-state index contributed by atoms with van der Waals surface area (Å²) in [7, 11) is 0. The Kier molecular flexibility index (Phi) is 3.06. The lowest BCUT2D eigenvalue weighted by molar-refractivity contribution is -0.119. The third-order valence-corrected chi connectivity index (χ3v) is 3.75. The molecule has 1 amide bonds. The van der Waals surface area contributed by atoms with Gasteiger partial charge in [-0.2, -0.15) is 0 Å². The molecule has 2 aliphatic rings. The Labute approximate surface area is 85.4 Å². The first-order valence-corrected chi connectivity index (χ1v) is 5.79. The molecule has 2 rings (SSSR count). The Morgan fingerprint density at radius 2 is 1.93 bits per heavy atom. The number of carbonyl (C=O) groups excluding carboxylic acids is 1. The van der Waals surface area contributed by atoms with Gasteiger partial charge in [-0.05, 0) is 18.8 Å². The number of rotatable bonds is 2. The molecule has 1 saturated heterocycles. The van der Waals surface area contributed by atoms with Gasteiger partial charge in [-0.1, -0.05) is 19.3 Å². The molecule has 0 spiro atoms. The summed E-state index contributed by atoms with van der Waals surface area (Å²) in [5, 5.41) is 2.87. The van der Waals surface area contributed by atoms with Crippen molar-refractivity contribution in [2.75, 3.05) is 6.54 Å². The molecule has 0 aromatic heterocycles. The minimum absolute atomic E-state index is 0.182. The highest BCUT2D eigenvalue weighted by Gasteiger charge is 2.32. The maximum Gasteiger partial charge on any atom is 0.220 e. The molecule has 1 heterocycles. The Morgan fingerprint density at radius 3 is 2.50 bits per heavy atom. The van der Waals surface area contributed by atoms with Crippen molar-refractivity contribution in [1.29, 1.82) is 0 Å². The van der Waals surface area contributed by atoms with E-state index in [-0.39, 0.29) is 11.9 Å². The van der Waals surface area contributed by atoms with Crippen molar-refractivity contribution in [3.63, 3.8) is 0 Å². The summed E-state index contributed by atoms with van der Waals surface area (Å²) in [6, 6.07) is 0.245. The van der Waals surface area contributed by atoms with E-state index in [0.29, 0.717) is 18.3 Å². The van der Waals surface area contributed by atoms with Crippen molar-refractivity contribution in [2.24, 2.45) is 17.6 Å². The maximum absolute atomic E-state index is 11.1. The lowest BCUT2D eigenvalue weighted by Gasteiger charge is -2.30. The summed E-state index contributed by atoms with van der Waals surface area (Å²) in [6.45, 7) is 0.802. The van der Waals surface area contributed by atoms with E-state index < -0.39 is 0 Å². The van der Waals surface area contributed by atoms with Gasteiger partial charge in [0.05, 0.1) is 0 Å². The third-order valence-electron chi connectivity index (χ3n) is 3.75. The maximum atomic E-state index is 11.1. The molecule has 0 aromatic carbocycles. The zero-order valence-electron chi connectivity index (χ0n) is 8.67. The van der Waals surface area contributed by atoms with Crippen LogP contribution in [0.25, 0.3) is 0 Å². The second-order valence-electron chi connectivity index (χ2n) is 4.74. The van der Waals surface area contributed by atoms with Gasteiger partial charge in [-0.15, -0.1) is 0 Å². The van der Waals surface area contributed by atoms with E-state index in [9.17, 15) is 4.79 Å². The molecule has 2 atom stereocenters. The van der Waals surface area contributed by atoms with Crippen LogP contribution < -0.4 is 11.1 Å². The molecule has 2 unspecified atom stereocenters. The molecule has 2 fully saturated rings. The van der Waals surface area contributed by atoms with Crippen LogP contribution in [0.5, 0.6) is 0 Å².